The van der Waals surface area contributed by atoms with Gasteiger partial charge in [0, 0.05) is 12.6 Å². The minimum atomic E-state index is -0.619. The maximum atomic E-state index is 11.9. The van der Waals surface area contributed by atoms with Gasteiger partial charge in [-0.3, -0.25) is 9.59 Å². The number of nitrogens with two attached hydrogens (primary N) is 1. The summed E-state index contributed by atoms with van der Waals surface area (Å²) < 4.78 is 0. The molecule has 1 heterocycles. The summed E-state index contributed by atoms with van der Waals surface area (Å²) in [6, 6.07) is 0.126. The Morgan fingerprint density at radius 2 is 2.12 bits per heavy atom. The lowest BCUT2D eigenvalue weighted by Gasteiger charge is -2.26. The molecule has 1 aliphatic heterocycles. The zero-order valence-corrected chi connectivity index (χ0v) is 10.9. The lowest BCUT2D eigenvalue weighted by Crippen LogP contribution is -2.48. The summed E-state index contributed by atoms with van der Waals surface area (Å²) in [5.74, 6) is -1.10. The Morgan fingerprint density at radius 3 is 2.76 bits per heavy atom. The van der Waals surface area contributed by atoms with Crippen molar-refractivity contribution in [2.24, 2.45) is 5.73 Å². The molecule has 1 fully saturated rings. The van der Waals surface area contributed by atoms with E-state index in [1.165, 1.54) is 0 Å². The zero-order valence-electron chi connectivity index (χ0n) is 10.1. The van der Waals surface area contributed by atoms with E-state index in [2.05, 4.69) is 17.5 Å². The maximum absolute atomic E-state index is 11.9. The van der Waals surface area contributed by atoms with Crippen LogP contribution in [0.2, 0.25) is 0 Å². The standard InChI is InChI=1S/C11H19N3O2S/c1-8-5-3-2-4-6-14(8)11(16)10(15)13-7-9(12)17/h8H,2-7H2,1H3,(H2,12,17)(H,13,15). The number of carbonyl (C=O) groups is 2. The largest absolute Gasteiger partial charge is 0.392 e. The number of nitrogens with one attached hydrogen (secondary N) is 1. The fourth-order valence-corrected chi connectivity index (χ4v) is 2.02. The first-order valence-corrected chi connectivity index (χ1v) is 6.30. The van der Waals surface area contributed by atoms with Crippen molar-refractivity contribution in [1.82, 2.24) is 10.2 Å². The van der Waals surface area contributed by atoms with Crippen molar-refractivity contribution >= 4 is 29.0 Å². The van der Waals surface area contributed by atoms with E-state index in [1.54, 1.807) is 4.90 Å². The summed E-state index contributed by atoms with van der Waals surface area (Å²) in [4.78, 5) is 25.3. The maximum Gasteiger partial charge on any atom is 0.312 e. The predicted molar refractivity (Wildman–Crippen MR) is 69.4 cm³/mol. The average Bonchev–Trinajstić information content (AvgIpc) is 2.49. The Bertz CT molecular complexity index is 320. The second-order valence-electron chi connectivity index (χ2n) is 4.35. The predicted octanol–water partition coefficient (Wildman–Crippen LogP) is 0.180. The van der Waals surface area contributed by atoms with Gasteiger partial charge >= 0.3 is 11.8 Å². The summed E-state index contributed by atoms with van der Waals surface area (Å²) in [7, 11) is 0. The summed E-state index contributed by atoms with van der Waals surface area (Å²) in [5, 5.41) is 2.42. The van der Waals surface area contributed by atoms with Crippen LogP contribution in [-0.2, 0) is 9.59 Å². The molecule has 1 saturated heterocycles. The number of hydrogen-bond acceptors (Lipinski definition) is 3. The highest BCUT2D eigenvalue weighted by Gasteiger charge is 2.26. The second kappa shape index (κ2) is 6.54. The highest BCUT2D eigenvalue weighted by atomic mass is 32.1. The average molecular weight is 257 g/mol. The molecule has 1 aliphatic rings. The molecule has 1 unspecified atom stereocenters. The molecule has 0 aromatic rings. The van der Waals surface area contributed by atoms with Gasteiger partial charge in [0.05, 0.1) is 11.5 Å². The minimum absolute atomic E-state index is 0.0716. The molecular formula is C11H19N3O2S. The van der Waals surface area contributed by atoms with Gasteiger partial charge in [0.25, 0.3) is 0 Å². The highest BCUT2D eigenvalue weighted by molar-refractivity contribution is 7.80. The molecule has 0 bridgehead atoms. The Labute approximate surface area is 107 Å². The number of likely N-dealkylation sites (tertiary alicyclic amines) is 1. The summed E-state index contributed by atoms with van der Waals surface area (Å²) in [6.45, 7) is 2.70. The van der Waals surface area contributed by atoms with Gasteiger partial charge in [-0.1, -0.05) is 25.1 Å². The number of rotatable bonds is 2. The molecule has 1 atom stereocenters. The summed E-state index contributed by atoms with van der Waals surface area (Å²) in [6.07, 6.45) is 4.13. The van der Waals surface area contributed by atoms with Gasteiger partial charge in [-0.05, 0) is 19.8 Å². The van der Waals surface area contributed by atoms with Gasteiger partial charge in [-0.15, -0.1) is 0 Å². The molecule has 0 aromatic carbocycles. The molecule has 6 heteroatoms. The fraction of sp³-hybridized carbons (Fsp3) is 0.727. The smallest absolute Gasteiger partial charge is 0.312 e. The molecule has 2 amide bonds. The van der Waals surface area contributed by atoms with Crippen LogP contribution < -0.4 is 11.1 Å². The van der Waals surface area contributed by atoms with Crippen molar-refractivity contribution in [3.63, 3.8) is 0 Å². The monoisotopic (exact) mass is 257 g/mol. The van der Waals surface area contributed by atoms with Crippen molar-refractivity contribution in [2.45, 2.75) is 38.6 Å². The van der Waals surface area contributed by atoms with Crippen molar-refractivity contribution in [3.8, 4) is 0 Å². The molecule has 0 aliphatic carbocycles. The lowest BCUT2D eigenvalue weighted by atomic mass is 10.1. The number of nitrogens with zero attached hydrogens (tertiary/aromatic N) is 1. The van der Waals surface area contributed by atoms with Crippen LogP contribution in [0.3, 0.4) is 0 Å². The van der Waals surface area contributed by atoms with Gasteiger partial charge < -0.3 is 16.0 Å². The van der Waals surface area contributed by atoms with Crippen LogP contribution in [0.1, 0.15) is 32.6 Å². The molecule has 96 valence electrons. The molecule has 0 spiro atoms. The number of hydrogen-bond donors (Lipinski definition) is 2. The third-order valence-electron chi connectivity index (χ3n) is 2.93. The molecule has 0 aromatic heterocycles. The van der Waals surface area contributed by atoms with E-state index in [1.807, 2.05) is 6.92 Å². The van der Waals surface area contributed by atoms with E-state index in [9.17, 15) is 9.59 Å². The third kappa shape index (κ3) is 4.30. The Kier molecular flexibility index (Phi) is 5.34. The number of carbonyl (C=O) groups excluding carboxylic acids is 2. The zero-order chi connectivity index (χ0) is 12.8. The van der Waals surface area contributed by atoms with Crippen LogP contribution in [0, 0.1) is 0 Å². The Balaban J connectivity index is 2.54. The number of thiocarbonyl (C=S) groups is 1. The quantitative estimate of drug-likeness (QED) is 0.546. The van der Waals surface area contributed by atoms with Crippen LogP contribution in [0.25, 0.3) is 0 Å². The summed E-state index contributed by atoms with van der Waals surface area (Å²) in [5.41, 5.74) is 5.26. The van der Waals surface area contributed by atoms with Gasteiger partial charge in [-0.2, -0.15) is 0 Å². The first-order valence-electron chi connectivity index (χ1n) is 5.89. The van der Waals surface area contributed by atoms with Gasteiger partial charge in [0.15, 0.2) is 0 Å². The van der Waals surface area contributed by atoms with Crippen molar-refractivity contribution < 1.29 is 9.59 Å². The van der Waals surface area contributed by atoms with Crippen molar-refractivity contribution in [2.75, 3.05) is 13.1 Å². The minimum Gasteiger partial charge on any atom is -0.392 e. The van der Waals surface area contributed by atoms with Crippen LogP contribution in [0.4, 0.5) is 0 Å². The van der Waals surface area contributed by atoms with Crippen LogP contribution in [0.15, 0.2) is 0 Å². The third-order valence-corrected chi connectivity index (χ3v) is 3.08. The topological polar surface area (TPSA) is 75.4 Å². The molecule has 1 rings (SSSR count). The van der Waals surface area contributed by atoms with Crippen molar-refractivity contribution in [1.29, 1.82) is 0 Å². The van der Waals surface area contributed by atoms with Crippen LogP contribution in [0.5, 0.6) is 0 Å². The van der Waals surface area contributed by atoms with E-state index in [-0.39, 0.29) is 17.6 Å². The molecule has 0 saturated carbocycles. The molecule has 3 N–H and O–H groups in total. The highest BCUT2D eigenvalue weighted by Crippen LogP contribution is 2.16. The van der Waals surface area contributed by atoms with Crippen molar-refractivity contribution in [3.05, 3.63) is 0 Å². The summed E-state index contributed by atoms with van der Waals surface area (Å²) >= 11 is 4.64. The van der Waals surface area contributed by atoms with Gasteiger partial charge in [-0.25, -0.2) is 0 Å². The van der Waals surface area contributed by atoms with E-state index >= 15 is 0 Å². The van der Waals surface area contributed by atoms with Crippen LogP contribution in [-0.4, -0.2) is 40.8 Å². The fourth-order valence-electron chi connectivity index (χ4n) is 1.95. The van der Waals surface area contributed by atoms with E-state index in [4.69, 9.17) is 5.73 Å². The van der Waals surface area contributed by atoms with E-state index in [0.29, 0.717) is 6.54 Å². The second-order valence-corrected chi connectivity index (χ2v) is 4.87. The molecular weight excluding hydrogens is 238 g/mol. The first-order chi connectivity index (χ1) is 8.02. The SMILES string of the molecule is CC1CCCCCN1C(=O)C(=O)NCC(N)=S. The Morgan fingerprint density at radius 1 is 1.41 bits per heavy atom. The van der Waals surface area contributed by atoms with E-state index < -0.39 is 11.8 Å². The van der Waals surface area contributed by atoms with Gasteiger partial charge in [0.1, 0.15) is 0 Å². The molecule has 17 heavy (non-hydrogen) atoms. The lowest BCUT2D eigenvalue weighted by molar-refractivity contribution is -0.147. The first kappa shape index (κ1) is 13.9. The number of amides is 2. The van der Waals surface area contributed by atoms with Gasteiger partial charge in [0.2, 0.25) is 0 Å². The van der Waals surface area contributed by atoms with E-state index in [0.717, 1.165) is 25.7 Å². The molecule has 5 nitrogen and oxygen atoms in total. The molecule has 0 radical (unpaired) electrons. The normalized spacial score (nSPS) is 20.5. The van der Waals surface area contributed by atoms with Crippen LogP contribution >= 0.6 is 12.2 Å². The Hall–Kier alpha value is -1.17.